The number of phenols is 1. The molecule has 0 unspecified atom stereocenters. The summed E-state index contributed by atoms with van der Waals surface area (Å²) in [5.41, 5.74) is 0.576. The van der Waals surface area contributed by atoms with Crippen molar-refractivity contribution in [2.45, 2.75) is 6.54 Å². The van der Waals surface area contributed by atoms with Crippen LogP contribution in [0.4, 0.5) is 15.8 Å². The lowest BCUT2D eigenvalue weighted by Crippen LogP contribution is -2.04. The first kappa shape index (κ1) is 14.6. The molecular formula is C14H13FN2O4. The monoisotopic (exact) mass is 292 g/mol. The molecule has 2 aromatic carbocycles. The smallest absolute Gasteiger partial charge is 0.278 e. The van der Waals surface area contributed by atoms with Crippen molar-refractivity contribution >= 4 is 11.4 Å². The number of nitro groups is 1. The van der Waals surface area contributed by atoms with Gasteiger partial charge in [-0.25, -0.2) is 4.39 Å². The van der Waals surface area contributed by atoms with Crippen molar-refractivity contribution < 1.29 is 19.2 Å². The summed E-state index contributed by atoms with van der Waals surface area (Å²) in [5.74, 6) is -0.576. The van der Waals surface area contributed by atoms with Gasteiger partial charge in [-0.15, -0.1) is 0 Å². The van der Waals surface area contributed by atoms with E-state index in [1.807, 2.05) is 0 Å². The Kier molecular flexibility index (Phi) is 4.22. The fraction of sp³-hybridized carbons (Fsp3) is 0.143. The molecular weight excluding hydrogens is 279 g/mol. The minimum absolute atomic E-state index is 0.0937. The highest BCUT2D eigenvalue weighted by molar-refractivity contribution is 5.55. The van der Waals surface area contributed by atoms with Crippen LogP contribution in [0.25, 0.3) is 0 Å². The number of nitrogens with zero attached hydrogens (tertiary/aromatic N) is 1. The van der Waals surface area contributed by atoms with Crippen molar-refractivity contribution in [1.82, 2.24) is 0 Å². The highest BCUT2D eigenvalue weighted by Gasteiger charge is 2.18. The van der Waals surface area contributed by atoms with Crippen LogP contribution >= 0.6 is 0 Å². The first-order chi connectivity index (χ1) is 10.0. The van der Waals surface area contributed by atoms with Crippen molar-refractivity contribution in [2.24, 2.45) is 0 Å². The number of anilines is 1. The second kappa shape index (κ2) is 6.08. The molecule has 21 heavy (non-hydrogen) atoms. The third-order valence-electron chi connectivity index (χ3n) is 2.88. The lowest BCUT2D eigenvalue weighted by molar-refractivity contribution is -0.385. The Labute approximate surface area is 119 Å². The van der Waals surface area contributed by atoms with Gasteiger partial charge >= 0.3 is 0 Å². The number of phenolic OH excluding ortho intramolecular Hbond substituents is 1. The summed E-state index contributed by atoms with van der Waals surface area (Å²) in [7, 11) is 1.35. The van der Waals surface area contributed by atoms with E-state index in [0.29, 0.717) is 11.3 Å². The van der Waals surface area contributed by atoms with Crippen molar-refractivity contribution in [3.05, 3.63) is 57.9 Å². The van der Waals surface area contributed by atoms with Crippen molar-refractivity contribution in [2.75, 3.05) is 12.4 Å². The number of hydrogen-bond acceptors (Lipinski definition) is 5. The van der Waals surface area contributed by atoms with Crippen molar-refractivity contribution in [3.63, 3.8) is 0 Å². The predicted octanol–water partition coefficient (Wildman–Crippen LogP) is 3.06. The lowest BCUT2D eigenvalue weighted by Gasteiger charge is -2.10. The zero-order valence-electron chi connectivity index (χ0n) is 11.2. The van der Waals surface area contributed by atoms with Gasteiger partial charge in [-0.2, -0.15) is 0 Å². The lowest BCUT2D eigenvalue weighted by atomic mass is 10.1. The van der Waals surface area contributed by atoms with Crippen LogP contribution in [0.15, 0.2) is 36.4 Å². The van der Waals surface area contributed by atoms with Crippen LogP contribution in [0.5, 0.6) is 11.5 Å². The maximum atomic E-state index is 13.1. The zero-order valence-corrected chi connectivity index (χ0v) is 11.2. The van der Waals surface area contributed by atoms with E-state index >= 15 is 0 Å². The van der Waals surface area contributed by atoms with Gasteiger partial charge in [0, 0.05) is 12.2 Å². The molecule has 0 saturated heterocycles. The van der Waals surface area contributed by atoms with E-state index in [9.17, 15) is 19.6 Å². The fourth-order valence-corrected chi connectivity index (χ4v) is 1.87. The Morgan fingerprint density at radius 3 is 2.76 bits per heavy atom. The van der Waals surface area contributed by atoms with E-state index in [4.69, 9.17) is 4.74 Å². The number of benzene rings is 2. The van der Waals surface area contributed by atoms with Crippen LogP contribution in [0, 0.1) is 15.9 Å². The zero-order chi connectivity index (χ0) is 15.4. The van der Waals surface area contributed by atoms with Gasteiger partial charge in [0.1, 0.15) is 5.82 Å². The molecule has 0 fully saturated rings. The summed E-state index contributed by atoms with van der Waals surface area (Å²) in [4.78, 5) is 10.4. The summed E-state index contributed by atoms with van der Waals surface area (Å²) >= 11 is 0. The van der Waals surface area contributed by atoms with Gasteiger partial charge in [0.05, 0.1) is 23.7 Å². The number of nitro benzene ring substituents is 1. The SMILES string of the molecule is COc1cc(CNc2cccc(F)c2)c([N+](=O)[O-])cc1O. The number of hydrogen-bond donors (Lipinski definition) is 2. The number of ether oxygens (including phenoxy) is 1. The molecule has 0 spiro atoms. The number of halogens is 1. The molecule has 2 aromatic rings. The van der Waals surface area contributed by atoms with E-state index < -0.39 is 10.7 Å². The minimum atomic E-state index is -0.595. The van der Waals surface area contributed by atoms with Gasteiger partial charge in [0.25, 0.3) is 5.69 Å². The van der Waals surface area contributed by atoms with Crippen LogP contribution in [-0.4, -0.2) is 17.1 Å². The summed E-state index contributed by atoms with van der Waals surface area (Å²) in [6.45, 7) is 0.0937. The van der Waals surface area contributed by atoms with Crippen LogP contribution in [0.3, 0.4) is 0 Å². The van der Waals surface area contributed by atoms with Gasteiger partial charge in [0.2, 0.25) is 0 Å². The first-order valence-corrected chi connectivity index (χ1v) is 6.05. The maximum Gasteiger partial charge on any atom is 0.278 e. The Morgan fingerprint density at radius 1 is 1.38 bits per heavy atom. The standard InChI is InChI=1S/C14H13FN2O4/c1-21-14-5-9(12(17(19)20)7-13(14)18)8-16-11-4-2-3-10(15)6-11/h2-7,16,18H,8H2,1H3. The van der Waals surface area contributed by atoms with E-state index in [1.54, 1.807) is 6.07 Å². The average molecular weight is 292 g/mol. The molecule has 0 radical (unpaired) electrons. The third-order valence-corrected chi connectivity index (χ3v) is 2.88. The van der Waals surface area contributed by atoms with Crippen LogP contribution in [0.1, 0.15) is 5.56 Å². The summed E-state index contributed by atoms with van der Waals surface area (Å²) in [6, 6.07) is 8.16. The van der Waals surface area contributed by atoms with Crippen LogP contribution < -0.4 is 10.1 Å². The number of rotatable bonds is 5. The Morgan fingerprint density at radius 2 is 2.14 bits per heavy atom. The molecule has 0 atom stereocenters. The molecule has 7 heteroatoms. The van der Waals surface area contributed by atoms with E-state index in [-0.39, 0.29) is 23.7 Å². The second-order valence-corrected chi connectivity index (χ2v) is 4.27. The number of nitrogens with one attached hydrogen (secondary N) is 1. The molecule has 0 aliphatic heterocycles. The molecule has 0 bridgehead atoms. The van der Waals surface area contributed by atoms with Crippen molar-refractivity contribution in [3.8, 4) is 11.5 Å². The third kappa shape index (κ3) is 3.38. The largest absolute Gasteiger partial charge is 0.504 e. The minimum Gasteiger partial charge on any atom is -0.504 e. The highest BCUT2D eigenvalue weighted by Crippen LogP contribution is 2.33. The normalized spacial score (nSPS) is 10.2. The molecule has 0 amide bonds. The van der Waals surface area contributed by atoms with Crippen molar-refractivity contribution in [1.29, 1.82) is 0 Å². The summed E-state index contributed by atoms with van der Waals surface area (Å²) in [6.07, 6.45) is 0. The maximum absolute atomic E-state index is 13.1. The Balaban J connectivity index is 2.27. The Bertz CT molecular complexity index is 676. The van der Waals surface area contributed by atoms with Gasteiger partial charge in [0.15, 0.2) is 11.5 Å². The molecule has 0 aromatic heterocycles. The van der Waals surface area contributed by atoms with Gasteiger partial charge < -0.3 is 15.2 Å². The van der Waals surface area contributed by atoms with Gasteiger partial charge in [-0.1, -0.05) is 6.07 Å². The average Bonchev–Trinajstić information content (AvgIpc) is 2.45. The molecule has 6 nitrogen and oxygen atoms in total. The van der Waals surface area contributed by atoms with Gasteiger partial charge in [-0.3, -0.25) is 10.1 Å². The quantitative estimate of drug-likeness (QED) is 0.653. The van der Waals surface area contributed by atoms with Gasteiger partial charge in [-0.05, 0) is 24.3 Å². The predicted molar refractivity (Wildman–Crippen MR) is 75.0 cm³/mol. The molecule has 0 saturated carbocycles. The number of methoxy groups -OCH3 is 1. The first-order valence-electron chi connectivity index (χ1n) is 6.05. The summed E-state index contributed by atoms with van der Waals surface area (Å²) in [5, 5.41) is 23.5. The van der Waals surface area contributed by atoms with Crippen LogP contribution in [-0.2, 0) is 6.54 Å². The summed E-state index contributed by atoms with van der Waals surface area (Å²) < 4.78 is 18.0. The molecule has 0 heterocycles. The topological polar surface area (TPSA) is 84.6 Å². The molecule has 2 rings (SSSR count). The molecule has 0 aliphatic rings. The van der Waals surface area contributed by atoms with E-state index in [2.05, 4.69) is 5.32 Å². The highest BCUT2D eigenvalue weighted by atomic mass is 19.1. The van der Waals surface area contributed by atoms with E-state index in [1.165, 1.54) is 31.4 Å². The Hall–Kier alpha value is -2.83. The molecule has 110 valence electrons. The van der Waals surface area contributed by atoms with E-state index in [0.717, 1.165) is 6.07 Å². The second-order valence-electron chi connectivity index (χ2n) is 4.27. The number of aromatic hydroxyl groups is 1. The fourth-order valence-electron chi connectivity index (χ4n) is 1.87. The molecule has 2 N–H and O–H groups in total. The van der Waals surface area contributed by atoms with Crippen LogP contribution in [0.2, 0.25) is 0 Å². The molecule has 0 aliphatic carbocycles.